The summed E-state index contributed by atoms with van der Waals surface area (Å²) in [6.45, 7) is 0. The first-order chi connectivity index (χ1) is 8.90. The summed E-state index contributed by atoms with van der Waals surface area (Å²) >= 11 is 7.28. The summed E-state index contributed by atoms with van der Waals surface area (Å²) in [4.78, 5) is 0. The second-order valence-electron chi connectivity index (χ2n) is 4.09. The molecule has 25 heavy (non-hydrogen) atoms. The molecular weight excluding hydrogens is 919 g/mol. The van der Waals surface area contributed by atoms with E-state index in [1.54, 1.807) is 0 Å². The van der Waals surface area contributed by atoms with Crippen molar-refractivity contribution in [1.29, 1.82) is 0 Å². The summed E-state index contributed by atoms with van der Waals surface area (Å²) in [6, 6.07) is 11.6. The SMILES string of the molecule is [Y].[Y].[Y].[Y].[Y].[Y].[Y].[c-]1c2sc3ccsc3c2[c-]c2sc3ccsc3c12. The van der Waals surface area contributed by atoms with Crippen LogP contribution in [0.25, 0.3) is 39.0 Å². The molecule has 0 amide bonds. The minimum absolute atomic E-state index is 0. The zero-order chi connectivity index (χ0) is 11.7. The van der Waals surface area contributed by atoms with Crippen molar-refractivity contribution < 1.29 is 229 Å². The molecule has 0 fully saturated rings. The maximum absolute atomic E-state index is 3.61. The van der Waals surface area contributed by atoms with Crippen LogP contribution < -0.4 is 0 Å². The Balaban J connectivity index is -0.000000691. The van der Waals surface area contributed by atoms with Crippen molar-refractivity contribution in [2.24, 2.45) is 0 Å². The minimum atomic E-state index is 0. The van der Waals surface area contributed by atoms with Crippen LogP contribution in [0.2, 0.25) is 0 Å². The summed E-state index contributed by atoms with van der Waals surface area (Å²) in [7, 11) is 0. The van der Waals surface area contributed by atoms with Crippen molar-refractivity contribution in [3.8, 4) is 0 Å². The third kappa shape index (κ3) is 7.38. The molecule has 0 nitrogen and oxygen atoms in total. The van der Waals surface area contributed by atoms with Crippen LogP contribution in [0.4, 0.5) is 0 Å². The second kappa shape index (κ2) is 16.4. The zero-order valence-electron chi connectivity index (χ0n) is 13.0. The monoisotopic (exact) mass is 922 g/mol. The van der Waals surface area contributed by atoms with Crippen molar-refractivity contribution in [2.45, 2.75) is 0 Å². The Morgan fingerprint density at radius 3 is 1.28 bits per heavy atom. The van der Waals surface area contributed by atoms with Crippen LogP contribution in [0.3, 0.4) is 0 Å². The van der Waals surface area contributed by atoms with E-state index in [4.69, 9.17) is 0 Å². The molecule has 0 aliphatic rings. The zero-order valence-corrected chi connectivity index (χ0v) is 36.1. The fourth-order valence-electron chi connectivity index (χ4n) is 2.28. The van der Waals surface area contributed by atoms with E-state index in [-0.39, 0.29) is 229 Å². The van der Waals surface area contributed by atoms with Gasteiger partial charge in [-0.25, -0.2) is 57.5 Å². The third-order valence-electron chi connectivity index (χ3n) is 3.07. The summed E-state index contributed by atoms with van der Waals surface area (Å²) in [5, 5.41) is 6.83. The van der Waals surface area contributed by atoms with Crippen molar-refractivity contribution in [3.63, 3.8) is 0 Å². The van der Waals surface area contributed by atoms with Crippen LogP contribution in [0.5, 0.6) is 0 Å². The summed E-state index contributed by atoms with van der Waals surface area (Å²) in [5.74, 6) is 0. The van der Waals surface area contributed by atoms with Gasteiger partial charge in [0.25, 0.3) is 0 Å². The molecule has 0 unspecified atom stereocenters. The molecule has 0 N–H and O–H groups in total. The molecule has 5 aromatic rings. The van der Waals surface area contributed by atoms with Crippen molar-refractivity contribution >= 4 is 84.3 Å². The predicted octanol–water partition coefficient (Wildman–Crippen LogP) is 6.13. The smallest absolute Gasteiger partial charge is 0 e. The van der Waals surface area contributed by atoms with E-state index in [1.165, 1.54) is 39.0 Å². The Kier molecular flexibility index (Phi) is 23.9. The third-order valence-corrected chi connectivity index (χ3v) is 7.33. The van der Waals surface area contributed by atoms with Crippen LogP contribution in [-0.2, 0) is 229 Å². The maximum atomic E-state index is 3.61. The molecule has 0 aliphatic heterocycles. The van der Waals surface area contributed by atoms with Gasteiger partial charge in [-0.3, -0.25) is 0 Å². The van der Waals surface area contributed by atoms with Gasteiger partial charge >= 0.3 is 0 Å². The molecule has 11 heteroatoms. The quantitative estimate of drug-likeness (QED) is 0.164. The normalized spacial score (nSPS) is 8.96. The first-order valence-electron chi connectivity index (χ1n) is 5.44. The number of rotatable bonds is 0. The molecular formula is C14H4S4Y7-2. The summed E-state index contributed by atoms with van der Waals surface area (Å²) in [5.41, 5.74) is 0. The van der Waals surface area contributed by atoms with E-state index in [0.29, 0.717) is 0 Å². The van der Waals surface area contributed by atoms with Gasteiger partial charge in [0.1, 0.15) is 0 Å². The Morgan fingerprint density at radius 2 is 0.920 bits per heavy atom. The van der Waals surface area contributed by atoms with E-state index in [0.717, 1.165) is 0 Å². The topological polar surface area (TPSA) is 0 Å². The number of fused-ring (bicyclic) bond motifs is 6. The fourth-order valence-corrected chi connectivity index (χ4v) is 6.63. The van der Waals surface area contributed by atoms with Crippen molar-refractivity contribution in [2.75, 3.05) is 0 Å². The fraction of sp³-hybridized carbons (Fsp3) is 0. The Labute approximate surface area is 338 Å². The van der Waals surface area contributed by atoms with Gasteiger partial charge in [-0.05, 0) is 32.3 Å². The van der Waals surface area contributed by atoms with Gasteiger partial charge in [0.15, 0.2) is 0 Å². The Morgan fingerprint density at radius 1 is 0.560 bits per heavy atom. The predicted molar refractivity (Wildman–Crippen MR) is 85.6 cm³/mol. The molecule has 5 rings (SSSR count). The van der Waals surface area contributed by atoms with Gasteiger partial charge in [-0.2, -0.15) is 10.8 Å². The maximum Gasteiger partial charge on any atom is 0 e. The molecule has 4 heterocycles. The largest absolute Gasteiger partial charge is 0.225 e. The van der Waals surface area contributed by atoms with Gasteiger partial charge in [0.05, 0.1) is 0 Å². The Hall–Kier alpha value is 6.79. The molecule has 7 radical (unpaired) electrons. The van der Waals surface area contributed by atoms with Crippen LogP contribution >= 0.6 is 45.3 Å². The van der Waals surface area contributed by atoms with E-state index in [2.05, 4.69) is 35.0 Å². The molecule has 0 spiro atoms. The van der Waals surface area contributed by atoms with Crippen LogP contribution in [-0.4, -0.2) is 0 Å². The van der Waals surface area contributed by atoms with Crippen LogP contribution in [0.1, 0.15) is 0 Å². The van der Waals surface area contributed by atoms with E-state index < -0.39 is 0 Å². The molecule has 107 valence electrons. The first kappa shape index (κ1) is 36.4. The molecule has 0 saturated heterocycles. The van der Waals surface area contributed by atoms with Crippen LogP contribution in [0, 0.1) is 12.1 Å². The second-order valence-corrected chi connectivity index (χ2v) is 8.03. The summed E-state index contributed by atoms with van der Waals surface area (Å²) < 4.78 is 7.95. The van der Waals surface area contributed by atoms with Gasteiger partial charge in [-0.1, -0.05) is 9.40 Å². The molecule has 0 atom stereocenters. The van der Waals surface area contributed by atoms with Gasteiger partial charge in [0.2, 0.25) is 0 Å². The standard InChI is InChI=1S/C14H4S4.7Y/c1-3-15-13-7-5-12-8(6-11(7)17-9(1)13)14-10(18-12)2-4-16-14;;;;;;;/h1-4H;;;;;;;/q-2;;;;;;;. The minimum Gasteiger partial charge on any atom is -0.225 e. The Bertz CT molecular complexity index is 958. The van der Waals surface area contributed by atoms with Crippen molar-refractivity contribution in [1.82, 2.24) is 0 Å². The van der Waals surface area contributed by atoms with Gasteiger partial charge in [-0.15, -0.1) is 9.40 Å². The first-order valence-corrected chi connectivity index (χ1v) is 8.83. The molecule has 0 saturated carbocycles. The van der Waals surface area contributed by atoms with E-state index in [1.807, 2.05) is 45.3 Å². The number of thiophene rings is 4. The van der Waals surface area contributed by atoms with E-state index >= 15 is 0 Å². The molecule has 0 bridgehead atoms. The number of hydrogen-bond acceptors (Lipinski definition) is 4. The molecule has 4 aromatic heterocycles. The van der Waals surface area contributed by atoms with Crippen LogP contribution in [0.15, 0.2) is 22.9 Å². The number of hydrogen-bond donors (Lipinski definition) is 0. The van der Waals surface area contributed by atoms with Crippen molar-refractivity contribution in [3.05, 3.63) is 35.0 Å². The van der Waals surface area contributed by atoms with Gasteiger partial charge < -0.3 is 0 Å². The summed E-state index contributed by atoms with van der Waals surface area (Å²) in [6.07, 6.45) is 0. The van der Waals surface area contributed by atoms with E-state index in [9.17, 15) is 0 Å². The van der Waals surface area contributed by atoms with Gasteiger partial charge in [0, 0.05) is 229 Å². The molecule has 0 aliphatic carbocycles. The average molecular weight is 923 g/mol. The average Bonchev–Trinajstić information content (AvgIpc) is 3.04. The molecule has 1 aromatic carbocycles. The number of benzene rings is 1.